The number of hydrogen-bond acceptors (Lipinski definition) is 2. The van der Waals surface area contributed by atoms with Gasteiger partial charge in [0.2, 0.25) is 0 Å². The maximum absolute atomic E-state index is 11.9. The van der Waals surface area contributed by atoms with Gasteiger partial charge in [0.25, 0.3) is 5.91 Å². The molecule has 0 atom stereocenters. The molecule has 1 heterocycles. The molecule has 0 unspecified atom stereocenters. The fourth-order valence-electron chi connectivity index (χ4n) is 2.71. The van der Waals surface area contributed by atoms with Gasteiger partial charge in [0, 0.05) is 10.4 Å². The van der Waals surface area contributed by atoms with E-state index >= 15 is 0 Å². The molecule has 0 saturated carbocycles. The van der Waals surface area contributed by atoms with Crippen LogP contribution in [0.2, 0.25) is 0 Å². The molecule has 2 N–H and O–H groups in total. The Morgan fingerprint density at radius 2 is 1.50 bits per heavy atom. The predicted octanol–water partition coefficient (Wildman–Crippen LogP) is 4.74. The number of thiophene rings is 1. The van der Waals surface area contributed by atoms with Gasteiger partial charge in [-0.25, -0.2) is 0 Å². The number of amides is 1. The van der Waals surface area contributed by atoms with Crippen LogP contribution in [0.1, 0.15) is 22.2 Å². The van der Waals surface area contributed by atoms with Crippen molar-refractivity contribution in [2.45, 2.75) is 13.3 Å². The highest BCUT2D eigenvalue weighted by molar-refractivity contribution is 7.18. The van der Waals surface area contributed by atoms with Crippen LogP contribution in [0.25, 0.3) is 21.6 Å². The lowest BCUT2D eigenvalue weighted by atomic mass is 9.96. The van der Waals surface area contributed by atoms with Gasteiger partial charge in [-0.2, -0.15) is 0 Å². The Morgan fingerprint density at radius 1 is 0.955 bits per heavy atom. The van der Waals surface area contributed by atoms with Gasteiger partial charge in [-0.1, -0.05) is 67.6 Å². The van der Waals surface area contributed by atoms with Crippen LogP contribution >= 0.6 is 11.3 Å². The summed E-state index contributed by atoms with van der Waals surface area (Å²) < 4.78 is 0. The number of nitrogens with two attached hydrogens (primary N) is 1. The van der Waals surface area contributed by atoms with Crippen LogP contribution in [-0.4, -0.2) is 5.91 Å². The Balaban J connectivity index is 2.29. The third kappa shape index (κ3) is 2.55. The van der Waals surface area contributed by atoms with E-state index in [-0.39, 0.29) is 5.91 Å². The third-order valence-corrected chi connectivity index (χ3v) is 4.98. The van der Waals surface area contributed by atoms with Crippen molar-refractivity contribution in [2.24, 2.45) is 5.73 Å². The molecule has 0 aliphatic heterocycles. The summed E-state index contributed by atoms with van der Waals surface area (Å²) in [5.41, 5.74) is 10.00. The minimum Gasteiger partial charge on any atom is -0.365 e. The summed E-state index contributed by atoms with van der Waals surface area (Å²) in [7, 11) is 0. The molecule has 0 aliphatic rings. The van der Waals surface area contributed by atoms with Gasteiger partial charge in [0.05, 0.1) is 0 Å². The third-order valence-electron chi connectivity index (χ3n) is 3.68. The zero-order valence-electron chi connectivity index (χ0n) is 12.4. The van der Waals surface area contributed by atoms with E-state index in [4.69, 9.17) is 5.73 Å². The van der Waals surface area contributed by atoms with Gasteiger partial charge in [-0.3, -0.25) is 4.79 Å². The van der Waals surface area contributed by atoms with Gasteiger partial charge in [-0.15, -0.1) is 11.3 Å². The van der Waals surface area contributed by atoms with Crippen molar-refractivity contribution >= 4 is 17.2 Å². The lowest BCUT2D eigenvalue weighted by Gasteiger charge is -2.07. The van der Waals surface area contributed by atoms with Crippen LogP contribution in [0.15, 0.2) is 60.7 Å². The van der Waals surface area contributed by atoms with Gasteiger partial charge < -0.3 is 5.73 Å². The van der Waals surface area contributed by atoms with Crippen LogP contribution in [0.3, 0.4) is 0 Å². The normalized spacial score (nSPS) is 10.6. The molecular formula is C19H17NOS. The number of primary amides is 1. The summed E-state index contributed by atoms with van der Waals surface area (Å²) >= 11 is 1.49. The molecule has 2 aromatic carbocycles. The molecule has 0 spiro atoms. The van der Waals surface area contributed by atoms with Crippen LogP contribution in [0.5, 0.6) is 0 Å². The highest BCUT2D eigenvalue weighted by atomic mass is 32.1. The van der Waals surface area contributed by atoms with Crippen LogP contribution < -0.4 is 5.73 Å². The molecule has 1 aromatic heterocycles. The molecule has 110 valence electrons. The quantitative estimate of drug-likeness (QED) is 0.743. The zero-order chi connectivity index (χ0) is 15.5. The fourth-order valence-corrected chi connectivity index (χ4v) is 3.98. The maximum atomic E-state index is 11.9. The second-order valence-corrected chi connectivity index (χ2v) is 6.08. The fraction of sp³-hybridized carbons (Fsp3) is 0.105. The van der Waals surface area contributed by atoms with Crippen molar-refractivity contribution in [3.63, 3.8) is 0 Å². The topological polar surface area (TPSA) is 43.1 Å². The minimum atomic E-state index is -0.360. The second-order valence-electron chi connectivity index (χ2n) is 5.06. The summed E-state index contributed by atoms with van der Waals surface area (Å²) in [5.74, 6) is -0.360. The summed E-state index contributed by atoms with van der Waals surface area (Å²) in [5, 5.41) is 0. The standard InChI is InChI=1S/C19H17NOS/c1-2-15-16(13-9-5-3-6-10-13)18(19(20)21)22-17(15)14-11-7-4-8-12-14/h3-12H,2H2,1H3,(H2,20,21). The number of rotatable bonds is 4. The first-order valence-electron chi connectivity index (χ1n) is 7.28. The van der Waals surface area contributed by atoms with Gasteiger partial charge >= 0.3 is 0 Å². The van der Waals surface area contributed by atoms with E-state index in [0.29, 0.717) is 4.88 Å². The molecule has 0 saturated heterocycles. The summed E-state index contributed by atoms with van der Waals surface area (Å²) in [6.07, 6.45) is 0.859. The number of carbonyl (C=O) groups is 1. The van der Waals surface area contributed by atoms with E-state index in [1.165, 1.54) is 16.9 Å². The number of hydrogen-bond donors (Lipinski definition) is 1. The Hall–Kier alpha value is -2.39. The maximum Gasteiger partial charge on any atom is 0.259 e. The van der Waals surface area contributed by atoms with Gasteiger partial charge in [0.15, 0.2) is 0 Å². The number of carbonyl (C=O) groups excluding carboxylic acids is 1. The Bertz CT molecular complexity index is 791. The Labute approximate surface area is 134 Å². The molecule has 0 radical (unpaired) electrons. The molecule has 2 nitrogen and oxygen atoms in total. The first kappa shape index (κ1) is 14.5. The lowest BCUT2D eigenvalue weighted by molar-refractivity contribution is 0.100. The Morgan fingerprint density at radius 3 is 2.00 bits per heavy atom. The SMILES string of the molecule is CCc1c(-c2ccccc2)sc(C(N)=O)c1-c1ccccc1. The van der Waals surface area contributed by atoms with Crippen LogP contribution in [0.4, 0.5) is 0 Å². The van der Waals surface area contributed by atoms with Crippen LogP contribution in [-0.2, 0) is 6.42 Å². The Kier molecular flexibility index (Phi) is 4.07. The monoisotopic (exact) mass is 307 g/mol. The molecule has 3 aromatic rings. The van der Waals surface area contributed by atoms with Crippen molar-refractivity contribution in [3.05, 3.63) is 71.1 Å². The van der Waals surface area contributed by atoms with E-state index in [1.54, 1.807) is 0 Å². The smallest absolute Gasteiger partial charge is 0.259 e. The second kappa shape index (κ2) is 6.16. The molecule has 3 rings (SSSR count). The van der Waals surface area contributed by atoms with Crippen LogP contribution in [0, 0.1) is 0 Å². The average Bonchev–Trinajstić information content (AvgIpc) is 2.96. The molecule has 0 fully saturated rings. The first-order valence-corrected chi connectivity index (χ1v) is 8.10. The van der Waals surface area contributed by atoms with Gasteiger partial charge in [-0.05, 0) is 23.1 Å². The van der Waals surface area contributed by atoms with E-state index in [1.807, 2.05) is 48.5 Å². The van der Waals surface area contributed by atoms with Crippen molar-refractivity contribution in [3.8, 4) is 21.6 Å². The molecule has 0 aliphatic carbocycles. The van der Waals surface area contributed by atoms with Crippen molar-refractivity contribution in [1.29, 1.82) is 0 Å². The van der Waals surface area contributed by atoms with E-state index in [9.17, 15) is 4.79 Å². The van der Waals surface area contributed by atoms with E-state index in [0.717, 1.165) is 28.0 Å². The summed E-state index contributed by atoms with van der Waals surface area (Å²) in [6.45, 7) is 2.12. The lowest BCUT2D eigenvalue weighted by Crippen LogP contribution is -2.10. The highest BCUT2D eigenvalue weighted by Crippen LogP contribution is 2.42. The average molecular weight is 307 g/mol. The largest absolute Gasteiger partial charge is 0.365 e. The predicted molar refractivity (Wildman–Crippen MR) is 93.1 cm³/mol. The van der Waals surface area contributed by atoms with E-state index in [2.05, 4.69) is 19.1 Å². The molecule has 1 amide bonds. The zero-order valence-corrected chi connectivity index (χ0v) is 13.2. The minimum absolute atomic E-state index is 0.360. The highest BCUT2D eigenvalue weighted by Gasteiger charge is 2.22. The molecule has 22 heavy (non-hydrogen) atoms. The van der Waals surface area contributed by atoms with Crippen molar-refractivity contribution in [1.82, 2.24) is 0 Å². The first-order chi connectivity index (χ1) is 10.7. The molecule has 0 bridgehead atoms. The summed E-state index contributed by atoms with van der Waals surface area (Å²) in [4.78, 5) is 13.7. The van der Waals surface area contributed by atoms with Crippen molar-refractivity contribution < 1.29 is 4.79 Å². The number of benzene rings is 2. The van der Waals surface area contributed by atoms with Gasteiger partial charge in [0.1, 0.15) is 4.88 Å². The molecular weight excluding hydrogens is 290 g/mol. The van der Waals surface area contributed by atoms with E-state index < -0.39 is 0 Å². The summed E-state index contributed by atoms with van der Waals surface area (Å²) in [6, 6.07) is 20.2. The van der Waals surface area contributed by atoms with Crippen molar-refractivity contribution in [2.75, 3.05) is 0 Å². The molecule has 3 heteroatoms.